The van der Waals surface area contributed by atoms with Crippen LogP contribution in [0.2, 0.25) is 0 Å². The third-order valence-corrected chi connectivity index (χ3v) is 6.58. The first-order chi connectivity index (χ1) is 19.9. The van der Waals surface area contributed by atoms with Gasteiger partial charge in [-0.1, -0.05) is 48.6 Å². The Morgan fingerprint density at radius 3 is 2.05 bits per heavy atom. The van der Waals surface area contributed by atoms with Gasteiger partial charge in [-0.25, -0.2) is 4.79 Å². The van der Waals surface area contributed by atoms with Crippen molar-refractivity contribution in [3.63, 3.8) is 0 Å². The Bertz CT molecular complexity index is 1510. The highest BCUT2D eigenvalue weighted by Crippen LogP contribution is 2.28. The number of aliphatic carboxylic acids is 1. The highest BCUT2D eigenvalue weighted by molar-refractivity contribution is 6.02. The second-order valence-electron chi connectivity index (χ2n) is 9.58. The van der Waals surface area contributed by atoms with E-state index >= 15 is 0 Å². The third-order valence-electron chi connectivity index (χ3n) is 6.58. The molecule has 3 amide bonds. The zero-order valence-corrected chi connectivity index (χ0v) is 22.3. The number of anilines is 2. The molecule has 0 fully saturated rings. The van der Waals surface area contributed by atoms with Crippen LogP contribution < -0.4 is 10.6 Å². The molecule has 2 heterocycles. The molecule has 3 aromatic carbocycles. The minimum absolute atomic E-state index is 0.00607. The van der Waals surface area contributed by atoms with Crippen molar-refractivity contribution in [3.05, 3.63) is 107 Å². The summed E-state index contributed by atoms with van der Waals surface area (Å²) in [5, 5.41) is 7.12. The van der Waals surface area contributed by atoms with Gasteiger partial charge >= 0.3 is 12.1 Å². The molecule has 0 saturated carbocycles. The van der Waals surface area contributed by atoms with Crippen molar-refractivity contribution in [1.82, 2.24) is 9.80 Å². The lowest BCUT2D eigenvalue weighted by Gasteiger charge is -2.23. The number of nitrogen functional groups attached to an aromatic ring is 1. The first-order valence-corrected chi connectivity index (χ1v) is 12.8. The summed E-state index contributed by atoms with van der Waals surface area (Å²) >= 11 is 0. The zero-order chi connectivity index (χ0) is 30.4. The van der Waals surface area contributed by atoms with Crippen molar-refractivity contribution in [1.29, 1.82) is 0 Å². The van der Waals surface area contributed by atoms with E-state index < -0.39 is 12.1 Å². The van der Waals surface area contributed by atoms with E-state index in [1.165, 1.54) is 0 Å². The Morgan fingerprint density at radius 2 is 1.43 bits per heavy atom. The van der Waals surface area contributed by atoms with Crippen LogP contribution in [-0.2, 0) is 22.7 Å². The molecule has 0 spiro atoms. The quantitative estimate of drug-likeness (QED) is 0.354. The number of carboxylic acids is 1. The zero-order valence-electron chi connectivity index (χ0n) is 22.3. The summed E-state index contributed by atoms with van der Waals surface area (Å²) in [5.74, 6) is -3.17. The summed E-state index contributed by atoms with van der Waals surface area (Å²) in [5.41, 5.74) is 10.0. The molecule has 0 radical (unpaired) electrons. The number of para-hydroxylation sites is 1. The van der Waals surface area contributed by atoms with Gasteiger partial charge in [-0.3, -0.25) is 14.4 Å². The number of nitrogens with two attached hydrogens (primary N) is 1. The normalized spacial score (nSPS) is 14.5. The number of nitrogens with zero attached hydrogens (tertiary/aromatic N) is 3. The van der Waals surface area contributed by atoms with Crippen LogP contribution in [-0.4, -0.2) is 64.4 Å². The van der Waals surface area contributed by atoms with Crippen LogP contribution in [0.5, 0.6) is 0 Å². The summed E-state index contributed by atoms with van der Waals surface area (Å²) in [6.07, 6.45) is -1.12. The second kappa shape index (κ2) is 12.6. The van der Waals surface area contributed by atoms with Gasteiger partial charge in [0.25, 0.3) is 11.8 Å². The summed E-state index contributed by atoms with van der Waals surface area (Å²) in [6, 6.07) is 21.8. The molecule has 0 atom stereocenters. The summed E-state index contributed by atoms with van der Waals surface area (Å²) in [6.45, 7) is 1.88. The van der Waals surface area contributed by atoms with Gasteiger partial charge in [0.1, 0.15) is 6.54 Å². The van der Waals surface area contributed by atoms with E-state index in [1.54, 1.807) is 51.1 Å². The molecular weight excluding hydrogens is 553 g/mol. The number of hydrogen-bond acceptors (Lipinski definition) is 5. The predicted octanol–water partition coefficient (Wildman–Crippen LogP) is 4.10. The Kier molecular flexibility index (Phi) is 8.94. The van der Waals surface area contributed by atoms with Crippen molar-refractivity contribution in [2.24, 2.45) is 0 Å². The number of hydrogen-bond donors (Lipinski definition) is 2. The molecule has 0 unspecified atom stereocenters. The first-order valence-electron chi connectivity index (χ1n) is 12.8. The fraction of sp³-hybridized carbons (Fsp3) is 0.200. The van der Waals surface area contributed by atoms with Crippen molar-refractivity contribution in [3.8, 4) is 0 Å². The van der Waals surface area contributed by atoms with Crippen LogP contribution in [0.15, 0.2) is 84.9 Å². The Morgan fingerprint density at radius 1 is 0.810 bits per heavy atom. The average Bonchev–Trinajstić information content (AvgIpc) is 3.46. The van der Waals surface area contributed by atoms with Crippen LogP contribution in [0.1, 0.15) is 31.8 Å². The number of alkyl halides is 3. The molecule has 3 N–H and O–H groups in total. The van der Waals surface area contributed by atoms with Gasteiger partial charge in [0, 0.05) is 42.1 Å². The number of carboxylic acid groups (broad SMARTS) is 1. The lowest BCUT2D eigenvalue weighted by atomic mass is 10.1. The third kappa shape index (κ3) is 7.14. The predicted molar refractivity (Wildman–Crippen MR) is 148 cm³/mol. The molecule has 3 aromatic rings. The fourth-order valence-corrected chi connectivity index (χ4v) is 4.49. The van der Waals surface area contributed by atoms with E-state index in [0.29, 0.717) is 43.0 Å². The van der Waals surface area contributed by atoms with E-state index in [0.717, 1.165) is 16.8 Å². The lowest BCUT2D eigenvalue weighted by molar-refractivity contribution is -0.192. The molecule has 0 aromatic heterocycles. The minimum atomic E-state index is -5.08. The van der Waals surface area contributed by atoms with E-state index in [2.05, 4.69) is 0 Å². The van der Waals surface area contributed by atoms with Crippen molar-refractivity contribution in [2.75, 3.05) is 30.3 Å². The molecule has 12 heteroatoms. The largest absolute Gasteiger partial charge is 0.490 e. The van der Waals surface area contributed by atoms with Gasteiger partial charge in [-0.05, 0) is 47.5 Å². The highest BCUT2D eigenvalue weighted by atomic mass is 19.4. The van der Waals surface area contributed by atoms with Crippen LogP contribution >= 0.6 is 0 Å². The van der Waals surface area contributed by atoms with E-state index in [4.69, 9.17) is 15.6 Å². The Labute approximate surface area is 239 Å². The molecule has 0 aliphatic carbocycles. The number of rotatable bonds is 4. The molecular formula is C30H27F3N4O5. The van der Waals surface area contributed by atoms with Crippen molar-refractivity contribution >= 4 is 35.1 Å². The van der Waals surface area contributed by atoms with Gasteiger partial charge in [0.2, 0.25) is 5.91 Å². The number of fused-ring (bicyclic) bond motifs is 1. The van der Waals surface area contributed by atoms with Crippen LogP contribution in [0, 0.1) is 0 Å². The monoisotopic (exact) mass is 580 g/mol. The van der Waals surface area contributed by atoms with Gasteiger partial charge in [-0.15, -0.1) is 0 Å². The first kappa shape index (κ1) is 29.8. The fourth-order valence-electron chi connectivity index (χ4n) is 4.49. The maximum Gasteiger partial charge on any atom is 0.490 e. The maximum absolute atomic E-state index is 13.4. The number of benzene rings is 3. The second-order valence-corrected chi connectivity index (χ2v) is 9.58. The maximum atomic E-state index is 13.4. The van der Waals surface area contributed by atoms with Crippen LogP contribution in [0.3, 0.4) is 0 Å². The van der Waals surface area contributed by atoms with Gasteiger partial charge in [0.15, 0.2) is 0 Å². The number of halogens is 3. The standard InChI is InChI=1S/C28H26N4O3.C2HF3O2/c29-24-8-5-7-22(16-24)28(35)31-18-23-6-1-2-9-25(23)32(26(33)19-31)17-20-10-12-21(13-11-20)27(34)30-14-3-4-15-30;3-2(4,5)1(6)7/h1-13,16H,14-15,17-19,29H2;(H,6,7). The lowest BCUT2D eigenvalue weighted by Crippen LogP contribution is -2.39. The molecule has 218 valence electrons. The molecule has 0 saturated heterocycles. The number of amides is 3. The summed E-state index contributed by atoms with van der Waals surface area (Å²) in [4.78, 5) is 53.1. The summed E-state index contributed by atoms with van der Waals surface area (Å²) < 4.78 is 31.7. The van der Waals surface area contributed by atoms with Crippen LogP contribution in [0.25, 0.3) is 0 Å². The molecule has 9 nitrogen and oxygen atoms in total. The minimum Gasteiger partial charge on any atom is -0.475 e. The molecule has 5 rings (SSSR count). The number of carbonyl (C=O) groups is 4. The van der Waals surface area contributed by atoms with Gasteiger partial charge in [-0.2, -0.15) is 13.2 Å². The SMILES string of the molecule is Nc1cccc(C(=O)N2CC(=O)N(Cc3ccc(C(=O)N4CC=CC4)cc3)c3ccccc3C2)c1.O=C(O)C(F)(F)F. The topological polar surface area (TPSA) is 124 Å². The van der Waals surface area contributed by atoms with E-state index in [9.17, 15) is 27.6 Å². The van der Waals surface area contributed by atoms with Gasteiger partial charge in [0.05, 0.1) is 6.54 Å². The Hall–Kier alpha value is -5.13. The average molecular weight is 581 g/mol. The molecule has 0 bridgehead atoms. The highest BCUT2D eigenvalue weighted by Gasteiger charge is 2.38. The van der Waals surface area contributed by atoms with Crippen molar-refractivity contribution in [2.45, 2.75) is 19.3 Å². The number of carbonyl (C=O) groups excluding carboxylic acids is 3. The smallest absolute Gasteiger partial charge is 0.475 e. The van der Waals surface area contributed by atoms with Crippen molar-refractivity contribution < 1.29 is 37.5 Å². The van der Waals surface area contributed by atoms with E-state index in [-0.39, 0.29) is 24.3 Å². The Balaban J connectivity index is 0.000000517. The molecule has 2 aliphatic rings. The summed E-state index contributed by atoms with van der Waals surface area (Å²) in [7, 11) is 0. The van der Waals surface area contributed by atoms with E-state index in [1.807, 2.05) is 48.6 Å². The molecule has 42 heavy (non-hydrogen) atoms. The molecule has 2 aliphatic heterocycles. The van der Waals surface area contributed by atoms with Crippen LogP contribution in [0.4, 0.5) is 24.5 Å². The van der Waals surface area contributed by atoms with Gasteiger partial charge < -0.3 is 25.5 Å².